The molecule has 1 heterocycles. The second-order valence-electron chi connectivity index (χ2n) is 5.62. The van der Waals surface area contributed by atoms with Crippen LogP contribution in [0.5, 0.6) is 17.2 Å². The van der Waals surface area contributed by atoms with Crippen LogP contribution in [-0.2, 0) is 12.8 Å². The number of aromatic hydroxyl groups is 1. The highest BCUT2D eigenvalue weighted by atomic mass is 19.1. The standard InChI is InChI=1S/C18H20FNO3/c1-22-15-10-12-7-8-20-14(16(12)17(21)18(15)23-2)9-11-3-5-13(19)6-4-11/h3-6,10,14,20-21H,7-9H2,1-2H3. The summed E-state index contributed by atoms with van der Waals surface area (Å²) in [5, 5.41) is 14.1. The number of methoxy groups -OCH3 is 2. The minimum Gasteiger partial charge on any atom is -0.504 e. The maximum Gasteiger partial charge on any atom is 0.203 e. The number of phenols is 1. The molecule has 1 aliphatic heterocycles. The van der Waals surface area contributed by atoms with Crippen LogP contribution >= 0.6 is 0 Å². The number of halogens is 1. The largest absolute Gasteiger partial charge is 0.504 e. The molecule has 1 atom stereocenters. The van der Waals surface area contributed by atoms with Crippen LogP contribution in [-0.4, -0.2) is 25.9 Å². The van der Waals surface area contributed by atoms with Gasteiger partial charge in [-0.2, -0.15) is 0 Å². The molecular formula is C18H20FNO3. The summed E-state index contributed by atoms with van der Waals surface area (Å²) < 4.78 is 23.7. The smallest absolute Gasteiger partial charge is 0.203 e. The fourth-order valence-corrected chi connectivity index (χ4v) is 3.15. The number of nitrogens with one attached hydrogen (secondary N) is 1. The van der Waals surface area contributed by atoms with Crippen molar-refractivity contribution >= 4 is 0 Å². The summed E-state index contributed by atoms with van der Waals surface area (Å²) >= 11 is 0. The first-order valence-electron chi connectivity index (χ1n) is 7.58. The normalized spacial score (nSPS) is 16.7. The van der Waals surface area contributed by atoms with Gasteiger partial charge in [0.05, 0.1) is 14.2 Å². The van der Waals surface area contributed by atoms with E-state index < -0.39 is 0 Å². The lowest BCUT2D eigenvalue weighted by Gasteiger charge is -2.29. The van der Waals surface area contributed by atoms with E-state index in [-0.39, 0.29) is 17.6 Å². The van der Waals surface area contributed by atoms with Gasteiger partial charge in [0.25, 0.3) is 0 Å². The van der Waals surface area contributed by atoms with Gasteiger partial charge in [-0.05, 0) is 48.7 Å². The Labute approximate surface area is 134 Å². The maximum absolute atomic E-state index is 13.1. The van der Waals surface area contributed by atoms with Crippen LogP contribution in [0.3, 0.4) is 0 Å². The van der Waals surface area contributed by atoms with E-state index in [1.54, 1.807) is 19.2 Å². The summed E-state index contributed by atoms with van der Waals surface area (Å²) in [7, 11) is 3.07. The first kappa shape index (κ1) is 15.6. The molecular weight excluding hydrogens is 297 g/mol. The number of fused-ring (bicyclic) bond motifs is 1. The van der Waals surface area contributed by atoms with E-state index in [9.17, 15) is 9.50 Å². The van der Waals surface area contributed by atoms with Crippen LogP contribution in [0.4, 0.5) is 4.39 Å². The van der Waals surface area contributed by atoms with Crippen molar-refractivity contribution in [1.29, 1.82) is 0 Å². The minimum absolute atomic E-state index is 0.0518. The molecule has 2 aromatic rings. The van der Waals surface area contributed by atoms with Gasteiger partial charge in [-0.15, -0.1) is 0 Å². The molecule has 0 saturated heterocycles. The fourth-order valence-electron chi connectivity index (χ4n) is 3.15. The lowest BCUT2D eigenvalue weighted by atomic mass is 9.89. The van der Waals surface area contributed by atoms with Gasteiger partial charge in [0.2, 0.25) is 5.75 Å². The van der Waals surface area contributed by atoms with Crippen molar-refractivity contribution in [3.8, 4) is 17.2 Å². The minimum atomic E-state index is -0.250. The van der Waals surface area contributed by atoms with Gasteiger partial charge in [-0.3, -0.25) is 0 Å². The molecule has 5 heteroatoms. The Kier molecular flexibility index (Phi) is 4.39. The molecule has 0 saturated carbocycles. The summed E-state index contributed by atoms with van der Waals surface area (Å²) in [6.45, 7) is 0.813. The molecule has 4 nitrogen and oxygen atoms in total. The maximum atomic E-state index is 13.1. The topological polar surface area (TPSA) is 50.7 Å². The van der Waals surface area contributed by atoms with Crippen molar-refractivity contribution in [3.05, 3.63) is 52.8 Å². The van der Waals surface area contributed by atoms with E-state index in [2.05, 4.69) is 5.32 Å². The molecule has 0 aliphatic carbocycles. The Bertz CT molecular complexity index is 700. The Morgan fingerprint density at radius 2 is 1.96 bits per heavy atom. The quantitative estimate of drug-likeness (QED) is 0.910. The molecule has 1 unspecified atom stereocenters. The average Bonchev–Trinajstić information content (AvgIpc) is 2.56. The Hall–Kier alpha value is -2.27. The lowest BCUT2D eigenvalue weighted by molar-refractivity contribution is 0.325. The summed E-state index contributed by atoms with van der Waals surface area (Å²) in [6.07, 6.45) is 1.47. The molecule has 2 aromatic carbocycles. The molecule has 0 fully saturated rings. The fraction of sp³-hybridized carbons (Fsp3) is 0.333. The third-order valence-electron chi connectivity index (χ3n) is 4.26. The van der Waals surface area contributed by atoms with Gasteiger partial charge in [-0.25, -0.2) is 4.39 Å². The molecule has 1 aliphatic rings. The van der Waals surface area contributed by atoms with Gasteiger partial charge in [0.15, 0.2) is 11.5 Å². The highest BCUT2D eigenvalue weighted by Crippen LogP contribution is 2.45. The van der Waals surface area contributed by atoms with Crippen LogP contribution in [0.1, 0.15) is 22.7 Å². The Balaban J connectivity index is 1.99. The van der Waals surface area contributed by atoms with E-state index in [0.717, 1.165) is 29.7 Å². The molecule has 0 radical (unpaired) electrons. The molecule has 0 aromatic heterocycles. The molecule has 122 valence electrons. The first-order valence-corrected chi connectivity index (χ1v) is 7.58. The second-order valence-corrected chi connectivity index (χ2v) is 5.62. The molecule has 23 heavy (non-hydrogen) atoms. The Morgan fingerprint density at radius 3 is 2.61 bits per heavy atom. The van der Waals surface area contributed by atoms with Crippen molar-refractivity contribution in [2.45, 2.75) is 18.9 Å². The van der Waals surface area contributed by atoms with Gasteiger partial charge in [0.1, 0.15) is 5.82 Å². The van der Waals surface area contributed by atoms with E-state index in [0.29, 0.717) is 17.9 Å². The number of rotatable bonds is 4. The second kappa shape index (κ2) is 6.46. The molecule has 3 rings (SSSR count). The van der Waals surface area contributed by atoms with Gasteiger partial charge in [-0.1, -0.05) is 12.1 Å². The van der Waals surface area contributed by atoms with Crippen molar-refractivity contribution in [3.63, 3.8) is 0 Å². The van der Waals surface area contributed by atoms with Gasteiger partial charge >= 0.3 is 0 Å². The van der Waals surface area contributed by atoms with Gasteiger partial charge < -0.3 is 19.9 Å². The number of phenolic OH excluding ortho intramolecular Hbond substituents is 1. The zero-order valence-electron chi connectivity index (χ0n) is 13.2. The summed E-state index contributed by atoms with van der Waals surface area (Å²) in [4.78, 5) is 0. The van der Waals surface area contributed by atoms with Crippen molar-refractivity contribution in [2.75, 3.05) is 20.8 Å². The Morgan fingerprint density at radius 1 is 1.22 bits per heavy atom. The highest BCUT2D eigenvalue weighted by Gasteiger charge is 2.28. The zero-order chi connectivity index (χ0) is 16.4. The summed E-state index contributed by atoms with van der Waals surface area (Å²) in [5.41, 5.74) is 2.88. The number of hydrogen-bond acceptors (Lipinski definition) is 4. The van der Waals surface area contributed by atoms with Crippen LogP contribution in [0.15, 0.2) is 30.3 Å². The lowest BCUT2D eigenvalue weighted by Crippen LogP contribution is -2.31. The first-order chi connectivity index (χ1) is 11.1. The predicted octanol–water partition coefficient (Wildman–Crippen LogP) is 2.98. The van der Waals surface area contributed by atoms with Crippen LogP contribution < -0.4 is 14.8 Å². The van der Waals surface area contributed by atoms with E-state index >= 15 is 0 Å². The van der Waals surface area contributed by atoms with Gasteiger partial charge in [0, 0.05) is 11.6 Å². The van der Waals surface area contributed by atoms with Crippen LogP contribution in [0, 0.1) is 5.82 Å². The molecule has 0 spiro atoms. The predicted molar refractivity (Wildman–Crippen MR) is 85.8 cm³/mol. The van der Waals surface area contributed by atoms with Crippen LogP contribution in [0.25, 0.3) is 0 Å². The molecule has 0 amide bonds. The van der Waals surface area contributed by atoms with Crippen LogP contribution in [0.2, 0.25) is 0 Å². The molecule has 0 bridgehead atoms. The number of hydrogen-bond donors (Lipinski definition) is 2. The SMILES string of the molecule is COc1cc2c(c(O)c1OC)C(Cc1ccc(F)cc1)NCC2. The average molecular weight is 317 g/mol. The summed E-state index contributed by atoms with van der Waals surface area (Å²) in [5.74, 6) is 0.742. The van der Waals surface area contributed by atoms with Crippen molar-refractivity contribution in [1.82, 2.24) is 5.32 Å². The van der Waals surface area contributed by atoms with Crippen molar-refractivity contribution in [2.24, 2.45) is 0 Å². The van der Waals surface area contributed by atoms with E-state index in [1.807, 2.05) is 6.07 Å². The number of benzene rings is 2. The van der Waals surface area contributed by atoms with Crippen molar-refractivity contribution < 1.29 is 19.0 Å². The summed E-state index contributed by atoms with van der Waals surface area (Å²) in [6, 6.07) is 8.31. The highest BCUT2D eigenvalue weighted by molar-refractivity contribution is 5.60. The molecule has 2 N–H and O–H groups in total. The monoisotopic (exact) mass is 317 g/mol. The zero-order valence-corrected chi connectivity index (χ0v) is 13.2. The van der Waals surface area contributed by atoms with E-state index in [4.69, 9.17) is 9.47 Å². The third-order valence-corrected chi connectivity index (χ3v) is 4.26. The van der Waals surface area contributed by atoms with E-state index in [1.165, 1.54) is 19.2 Å². The third kappa shape index (κ3) is 2.97. The number of ether oxygens (including phenoxy) is 2.